The number of rotatable bonds is 6. The number of aromatic nitrogens is 2. The van der Waals surface area contributed by atoms with Gasteiger partial charge in [0.25, 0.3) is 5.56 Å². The fourth-order valence-electron chi connectivity index (χ4n) is 1.58. The van der Waals surface area contributed by atoms with E-state index < -0.39 is 0 Å². The maximum Gasteiger partial charge on any atom is 0.328 e. The van der Waals surface area contributed by atoms with Gasteiger partial charge in [0.1, 0.15) is 0 Å². The Hall–Kier alpha value is -1.36. The van der Waals surface area contributed by atoms with Crippen molar-refractivity contribution in [1.29, 1.82) is 0 Å². The fourth-order valence-corrected chi connectivity index (χ4v) is 1.58. The van der Waals surface area contributed by atoms with Crippen LogP contribution in [-0.2, 0) is 6.54 Å². The monoisotopic (exact) mass is 239 g/mol. The minimum absolute atomic E-state index is 0.298. The third kappa shape index (κ3) is 4.56. The van der Waals surface area contributed by atoms with E-state index in [9.17, 15) is 9.59 Å². The van der Waals surface area contributed by atoms with Crippen molar-refractivity contribution < 1.29 is 0 Å². The van der Waals surface area contributed by atoms with Gasteiger partial charge in [-0.3, -0.25) is 9.78 Å². The van der Waals surface area contributed by atoms with Crippen LogP contribution in [0.2, 0.25) is 0 Å². The summed E-state index contributed by atoms with van der Waals surface area (Å²) in [6.45, 7) is 7.52. The molecule has 0 aliphatic rings. The van der Waals surface area contributed by atoms with Crippen molar-refractivity contribution in [1.82, 2.24) is 14.9 Å². The number of aromatic amines is 1. The fraction of sp³-hybridized carbons (Fsp3) is 0.667. The average Bonchev–Trinajstić information content (AvgIpc) is 2.24. The summed E-state index contributed by atoms with van der Waals surface area (Å²) in [4.78, 5) is 24.9. The van der Waals surface area contributed by atoms with E-state index in [1.165, 1.54) is 0 Å². The first-order valence-corrected chi connectivity index (χ1v) is 6.04. The smallest absolute Gasteiger partial charge is 0.315 e. The van der Waals surface area contributed by atoms with E-state index >= 15 is 0 Å². The van der Waals surface area contributed by atoms with Crippen molar-refractivity contribution in [2.24, 2.45) is 0 Å². The highest BCUT2D eigenvalue weighted by Gasteiger charge is 2.00. The van der Waals surface area contributed by atoms with Crippen LogP contribution in [0.25, 0.3) is 0 Å². The summed E-state index contributed by atoms with van der Waals surface area (Å²) >= 11 is 0. The molecule has 1 heterocycles. The molecule has 5 nitrogen and oxygen atoms in total. The highest BCUT2D eigenvalue weighted by atomic mass is 16.2. The molecule has 0 amide bonds. The van der Waals surface area contributed by atoms with E-state index in [2.05, 4.69) is 24.1 Å². The lowest BCUT2D eigenvalue weighted by Crippen LogP contribution is -2.31. The molecule has 1 aromatic rings. The predicted molar refractivity (Wildman–Crippen MR) is 68.4 cm³/mol. The molecule has 17 heavy (non-hydrogen) atoms. The van der Waals surface area contributed by atoms with Crippen molar-refractivity contribution in [3.63, 3.8) is 0 Å². The van der Waals surface area contributed by atoms with Crippen molar-refractivity contribution in [2.75, 3.05) is 6.54 Å². The molecular formula is C12H21N3O2. The molecule has 0 spiro atoms. The lowest BCUT2D eigenvalue weighted by atomic mass is 10.3. The highest BCUT2D eigenvalue weighted by molar-refractivity contribution is 5.00. The minimum Gasteiger partial charge on any atom is -0.315 e. The Bertz CT molecular complexity index is 460. The number of H-pyrrole nitrogens is 1. The van der Waals surface area contributed by atoms with Crippen LogP contribution in [0, 0.1) is 6.92 Å². The first-order valence-electron chi connectivity index (χ1n) is 6.04. The summed E-state index contributed by atoms with van der Waals surface area (Å²) in [6.07, 6.45) is 3.56. The topological polar surface area (TPSA) is 66.9 Å². The van der Waals surface area contributed by atoms with Gasteiger partial charge < -0.3 is 9.88 Å². The molecule has 0 radical (unpaired) electrons. The van der Waals surface area contributed by atoms with Crippen LogP contribution in [0.4, 0.5) is 0 Å². The van der Waals surface area contributed by atoms with E-state index in [1.807, 2.05) is 0 Å². The van der Waals surface area contributed by atoms with E-state index in [-0.39, 0.29) is 11.2 Å². The van der Waals surface area contributed by atoms with Crippen LogP contribution >= 0.6 is 0 Å². The molecule has 1 aromatic heterocycles. The summed E-state index contributed by atoms with van der Waals surface area (Å²) in [7, 11) is 0. The Morgan fingerprint density at radius 2 is 2.06 bits per heavy atom. The Kier molecular flexibility index (Phi) is 5.15. The van der Waals surface area contributed by atoms with Crippen LogP contribution in [0.1, 0.15) is 32.3 Å². The van der Waals surface area contributed by atoms with Crippen LogP contribution < -0.4 is 16.6 Å². The molecule has 0 saturated carbocycles. The number of aryl methyl sites for hydroxylation is 2. The quantitative estimate of drug-likeness (QED) is 0.715. The molecular weight excluding hydrogens is 218 g/mol. The second-order valence-corrected chi connectivity index (χ2v) is 4.58. The number of hydrogen-bond acceptors (Lipinski definition) is 3. The summed E-state index contributed by atoms with van der Waals surface area (Å²) in [5.41, 5.74) is -0.0463. The molecule has 0 bridgehead atoms. The zero-order valence-corrected chi connectivity index (χ0v) is 10.7. The Labute approximate surface area is 101 Å². The van der Waals surface area contributed by atoms with Gasteiger partial charge in [0.2, 0.25) is 0 Å². The first kappa shape index (κ1) is 13.7. The van der Waals surface area contributed by atoms with E-state index in [0.717, 1.165) is 19.4 Å². The van der Waals surface area contributed by atoms with Crippen molar-refractivity contribution in [3.05, 3.63) is 32.6 Å². The van der Waals surface area contributed by atoms with Crippen molar-refractivity contribution in [2.45, 2.75) is 46.2 Å². The molecule has 0 saturated heterocycles. The van der Waals surface area contributed by atoms with Crippen LogP contribution in [0.5, 0.6) is 0 Å². The highest BCUT2D eigenvalue weighted by Crippen LogP contribution is 1.93. The van der Waals surface area contributed by atoms with Gasteiger partial charge in [-0.1, -0.05) is 13.8 Å². The minimum atomic E-state index is -0.322. The molecule has 0 aliphatic heterocycles. The molecule has 0 atom stereocenters. The SMILES string of the molecule is Cc1cn(CCCCNC(C)C)c(=O)[nH]c1=O. The van der Waals surface area contributed by atoms with Gasteiger partial charge in [-0.25, -0.2) is 4.79 Å². The lowest BCUT2D eigenvalue weighted by molar-refractivity contribution is 0.521. The van der Waals surface area contributed by atoms with Gasteiger partial charge in [0, 0.05) is 24.3 Å². The van der Waals surface area contributed by atoms with Gasteiger partial charge in [-0.2, -0.15) is 0 Å². The van der Waals surface area contributed by atoms with Crippen molar-refractivity contribution in [3.8, 4) is 0 Å². The zero-order chi connectivity index (χ0) is 12.8. The summed E-state index contributed by atoms with van der Waals surface area (Å²) in [5, 5.41) is 3.32. The van der Waals surface area contributed by atoms with Crippen molar-refractivity contribution >= 4 is 0 Å². The van der Waals surface area contributed by atoms with E-state index in [0.29, 0.717) is 18.2 Å². The van der Waals surface area contributed by atoms with Crippen LogP contribution in [0.3, 0.4) is 0 Å². The van der Waals surface area contributed by atoms with E-state index in [1.54, 1.807) is 17.7 Å². The first-order chi connectivity index (χ1) is 8.00. The predicted octanol–water partition coefficient (Wildman–Crippen LogP) is 0.623. The van der Waals surface area contributed by atoms with Gasteiger partial charge >= 0.3 is 5.69 Å². The molecule has 5 heteroatoms. The Morgan fingerprint density at radius 1 is 1.35 bits per heavy atom. The maximum absolute atomic E-state index is 11.5. The van der Waals surface area contributed by atoms with Crippen LogP contribution in [-0.4, -0.2) is 22.1 Å². The summed E-state index contributed by atoms with van der Waals surface area (Å²) in [5.74, 6) is 0. The standard InChI is InChI=1S/C12H21N3O2/c1-9(2)13-6-4-5-7-15-8-10(3)11(16)14-12(15)17/h8-9,13H,4-7H2,1-3H3,(H,14,16,17). The molecule has 1 rings (SSSR count). The number of hydrogen-bond donors (Lipinski definition) is 2. The molecule has 0 unspecified atom stereocenters. The van der Waals surface area contributed by atoms with Gasteiger partial charge in [0.15, 0.2) is 0 Å². The Balaban J connectivity index is 2.45. The molecule has 0 aliphatic carbocycles. The number of unbranched alkanes of at least 4 members (excludes halogenated alkanes) is 1. The number of nitrogens with one attached hydrogen (secondary N) is 2. The maximum atomic E-state index is 11.5. The zero-order valence-electron chi connectivity index (χ0n) is 10.7. The number of nitrogens with zero attached hydrogens (tertiary/aromatic N) is 1. The summed E-state index contributed by atoms with van der Waals surface area (Å²) < 4.78 is 1.56. The normalized spacial score (nSPS) is 11.1. The molecule has 96 valence electrons. The van der Waals surface area contributed by atoms with E-state index in [4.69, 9.17) is 0 Å². The average molecular weight is 239 g/mol. The van der Waals surface area contributed by atoms with Gasteiger partial charge in [-0.05, 0) is 26.3 Å². The van der Waals surface area contributed by atoms with Crippen LogP contribution in [0.15, 0.2) is 15.8 Å². The third-order valence-electron chi connectivity index (χ3n) is 2.57. The largest absolute Gasteiger partial charge is 0.328 e. The second kappa shape index (κ2) is 6.39. The summed E-state index contributed by atoms with van der Waals surface area (Å²) in [6, 6.07) is 0.494. The second-order valence-electron chi connectivity index (χ2n) is 4.58. The molecule has 0 fully saturated rings. The van der Waals surface area contributed by atoms with Gasteiger partial charge in [0.05, 0.1) is 0 Å². The third-order valence-corrected chi connectivity index (χ3v) is 2.57. The lowest BCUT2D eigenvalue weighted by Gasteiger charge is -2.08. The molecule has 2 N–H and O–H groups in total. The molecule has 0 aromatic carbocycles. The van der Waals surface area contributed by atoms with Gasteiger partial charge in [-0.15, -0.1) is 0 Å². The Morgan fingerprint density at radius 3 is 2.71 bits per heavy atom.